The first-order valence-corrected chi connectivity index (χ1v) is 16.2. The number of phenols is 1. The molecular formula is C31H27N3O9S2. The molecule has 0 aliphatic carbocycles. The summed E-state index contributed by atoms with van der Waals surface area (Å²) in [5.41, 5.74) is 1.32. The van der Waals surface area contributed by atoms with Gasteiger partial charge in [-0.15, -0.1) is 0 Å². The molecule has 0 heterocycles. The van der Waals surface area contributed by atoms with E-state index in [-0.39, 0.29) is 22.0 Å². The summed E-state index contributed by atoms with van der Waals surface area (Å²) in [6, 6.07) is 22.4. The molecule has 45 heavy (non-hydrogen) atoms. The lowest BCUT2D eigenvalue weighted by Gasteiger charge is -2.17. The van der Waals surface area contributed by atoms with Crippen molar-refractivity contribution in [3.8, 4) is 5.75 Å². The Labute approximate surface area is 258 Å². The number of hydrogen-bond acceptors (Lipinski definition) is 8. The molecular weight excluding hydrogens is 622 g/mol. The largest absolute Gasteiger partial charge is 0.508 e. The van der Waals surface area contributed by atoms with Crippen LogP contribution in [0, 0.1) is 0 Å². The van der Waals surface area contributed by atoms with E-state index in [2.05, 4.69) is 15.4 Å². The summed E-state index contributed by atoms with van der Waals surface area (Å²) >= 11 is 0. The van der Waals surface area contributed by atoms with Crippen molar-refractivity contribution in [2.45, 2.75) is 22.3 Å². The number of sulfonamides is 1. The van der Waals surface area contributed by atoms with Crippen molar-refractivity contribution in [2.75, 3.05) is 17.7 Å². The van der Waals surface area contributed by atoms with Crippen molar-refractivity contribution >= 4 is 65.1 Å². The van der Waals surface area contributed by atoms with Gasteiger partial charge >= 0.3 is 12.0 Å². The number of benzene rings is 5. The topological polar surface area (TPSA) is 188 Å². The molecule has 5 aromatic carbocycles. The summed E-state index contributed by atoms with van der Waals surface area (Å²) in [5, 5.41) is 17.2. The normalized spacial score (nSPS) is 12.5. The molecule has 5 rings (SSSR count). The molecule has 0 saturated heterocycles. The fourth-order valence-corrected chi connectivity index (χ4v) is 6.40. The summed E-state index contributed by atoms with van der Waals surface area (Å²) in [4.78, 5) is 24.8. The van der Waals surface area contributed by atoms with Crippen LogP contribution < -0.4 is 15.4 Å². The van der Waals surface area contributed by atoms with E-state index in [1.807, 2.05) is 0 Å². The first-order valence-electron chi connectivity index (χ1n) is 13.3. The molecule has 5 aromatic rings. The molecule has 0 bridgehead atoms. The Hall–Kier alpha value is -5.02. The third-order valence-electron chi connectivity index (χ3n) is 6.91. The van der Waals surface area contributed by atoms with Crippen LogP contribution in [0.4, 0.5) is 16.2 Å². The Bertz CT molecular complexity index is 2150. The van der Waals surface area contributed by atoms with Crippen LogP contribution in [0.1, 0.15) is 5.56 Å². The third kappa shape index (κ3) is 7.56. The maximum absolute atomic E-state index is 13.3. The maximum Gasteiger partial charge on any atom is 0.324 e. The van der Waals surface area contributed by atoms with Crippen molar-refractivity contribution in [1.82, 2.24) is 4.72 Å². The number of hydrogen-bond donors (Lipinski definition) is 5. The number of ether oxygens (including phenoxy) is 1. The average Bonchev–Trinajstić information content (AvgIpc) is 3.00. The van der Waals surface area contributed by atoms with Gasteiger partial charge in [-0.3, -0.25) is 9.35 Å². The molecule has 5 N–H and O–H groups in total. The molecule has 0 radical (unpaired) electrons. The average molecular weight is 650 g/mol. The molecule has 0 fully saturated rings. The highest BCUT2D eigenvalue weighted by Crippen LogP contribution is 2.25. The number of rotatable bonds is 9. The number of amides is 2. The molecule has 2 amide bonds. The number of phenolic OH excluding ortho intramolecular Hbond substituents is 1. The molecule has 0 aromatic heterocycles. The number of nitrogens with one attached hydrogen (secondary N) is 3. The Morgan fingerprint density at radius 1 is 0.711 bits per heavy atom. The van der Waals surface area contributed by atoms with Crippen LogP contribution in [0.2, 0.25) is 0 Å². The molecule has 0 aliphatic heterocycles. The summed E-state index contributed by atoms with van der Waals surface area (Å²) in [6.45, 7) is 0. The Kier molecular flexibility index (Phi) is 8.75. The number of fused-ring (bicyclic) bond motifs is 2. The number of carbonyl (C=O) groups excluding carboxylic acids is 2. The lowest BCUT2D eigenvalue weighted by atomic mass is 10.1. The minimum Gasteiger partial charge on any atom is -0.508 e. The second kappa shape index (κ2) is 12.5. The number of aromatic hydroxyl groups is 1. The minimum absolute atomic E-state index is 0.0121. The van der Waals surface area contributed by atoms with Gasteiger partial charge in [0.25, 0.3) is 10.1 Å². The molecule has 14 heteroatoms. The molecule has 232 valence electrons. The highest BCUT2D eigenvalue weighted by Gasteiger charge is 2.27. The van der Waals surface area contributed by atoms with Crippen molar-refractivity contribution in [1.29, 1.82) is 0 Å². The van der Waals surface area contributed by atoms with Gasteiger partial charge in [0, 0.05) is 11.4 Å². The van der Waals surface area contributed by atoms with E-state index >= 15 is 0 Å². The lowest BCUT2D eigenvalue weighted by molar-refractivity contribution is -0.142. The van der Waals surface area contributed by atoms with Crippen LogP contribution in [-0.2, 0) is 36.1 Å². The monoisotopic (exact) mass is 649 g/mol. The highest BCUT2D eigenvalue weighted by molar-refractivity contribution is 7.89. The van der Waals surface area contributed by atoms with E-state index in [0.717, 1.165) is 7.11 Å². The lowest BCUT2D eigenvalue weighted by Crippen LogP contribution is -2.42. The van der Waals surface area contributed by atoms with E-state index in [1.165, 1.54) is 42.5 Å². The second-order valence-electron chi connectivity index (χ2n) is 10.1. The van der Waals surface area contributed by atoms with Gasteiger partial charge in [0.05, 0.1) is 16.9 Å². The first kappa shape index (κ1) is 31.4. The fraction of sp³-hybridized carbons (Fsp3) is 0.0968. The fourth-order valence-electron chi connectivity index (χ4n) is 4.66. The molecule has 0 spiro atoms. The smallest absolute Gasteiger partial charge is 0.324 e. The highest BCUT2D eigenvalue weighted by atomic mass is 32.2. The van der Waals surface area contributed by atoms with Gasteiger partial charge in [-0.05, 0) is 94.2 Å². The van der Waals surface area contributed by atoms with Gasteiger partial charge in [-0.2, -0.15) is 13.1 Å². The number of urea groups is 1. The predicted molar refractivity (Wildman–Crippen MR) is 168 cm³/mol. The van der Waals surface area contributed by atoms with E-state index in [4.69, 9.17) is 4.74 Å². The van der Waals surface area contributed by atoms with Crippen molar-refractivity contribution in [3.63, 3.8) is 0 Å². The summed E-state index contributed by atoms with van der Waals surface area (Å²) in [7, 11) is -7.44. The van der Waals surface area contributed by atoms with Crippen LogP contribution in [0.25, 0.3) is 21.5 Å². The third-order valence-corrected chi connectivity index (χ3v) is 9.23. The van der Waals surface area contributed by atoms with Crippen molar-refractivity contribution in [3.05, 3.63) is 103 Å². The van der Waals surface area contributed by atoms with Gasteiger partial charge in [-0.25, -0.2) is 13.2 Å². The van der Waals surface area contributed by atoms with Crippen LogP contribution in [-0.4, -0.2) is 51.6 Å². The maximum atomic E-state index is 13.3. The van der Waals surface area contributed by atoms with Gasteiger partial charge in [0.1, 0.15) is 11.8 Å². The quantitative estimate of drug-likeness (QED) is 0.112. The molecule has 0 unspecified atom stereocenters. The Balaban J connectivity index is 1.33. The SMILES string of the molecule is COC(=O)[C@H](Cc1ccc(O)cc1)NS(=O)(=O)c1ccc2ccc(NC(=O)Nc3ccc4ccc(S(=O)(=O)O)cc4c3)cc2c1. The Morgan fingerprint density at radius 2 is 1.22 bits per heavy atom. The zero-order chi connectivity index (χ0) is 32.4. The minimum atomic E-state index is -4.40. The van der Waals surface area contributed by atoms with Crippen LogP contribution >= 0.6 is 0 Å². The predicted octanol–water partition coefficient (Wildman–Crippen LogP) is 4.65. The number of carbonyl (C=O) groups is 2. The van der Waals surface area contributed by atoms with Crippen LogP contribution in [0.3, 0.4) is 0 Å². The number of anilines is 2. The zero-order valence-electron chi connectivity index (χ0n) is 23.6. The van der Waals surface area contributed by atoms with Gasteiger partial charge in [-0.1, -0.05) is 36.4 Å². The van der Waals surface area contributed by atoms with Gasteiger partial charge in [0.15, 0.2) is 0 Å². The van der Waals surface area contributed by atoms with E-state index in [0.29, 0.717) is 38.5 Å². The summed E-state index contributed by atoms with van der Waals surface area (Å²) in [6.07, 6.45) is -0.0121. The number of methoxy groups -OCH3 is 1. The van der Waals surface area contributed by atoms with Crippen molar-refractivity contribution in [2.24, 2.45) is 0 Å². The van der Waals surface area contributed by atoms with Gasteiger partial charge in [0.2, 0.25) is 10.0 Å². The van der Waals surface area contributed by atoms with E-state index < -0.39 is 38.2 Å². The number of esters is 1. The molecule has 1 atom stereocenters. The van der Waals surface area contributed by atoms with Gasteiger partial charge < -0.3 is 20.5 Å². The van der Waals surface area contributed by atoms with E-state index in [9.17, 15) is 36.1 Å². The van der Waals surface area contributed by atoms with E-state index in [1.54, 1.807) is 54.6 Å². The first-order chi connectivity index (χ1) is 21.3. The second-order valence-corrected chi connectivity index (χ2v) is 13.2. The van der Waals surface area contributed by atoms with Crippen molar-refractivity contribution < 1.29 is 40.8 Å². The standard InChI is InChI=1S/C31H27N3O9S2/c1-43-30(36)29(14-19-2-10-26(35)11-3-19)34-44(38,39)27-12-6-20-4-8-24(15-22(20)17-27)32-31(37)33-25-9-5-21-7-13-28(45(40,41)42)18-23(21)16-25/h2-13,15-18,29,34-35H,14H2,1H3,(H2,32,33,37)(H,40,41,42)/t29-/m0/s1. The summed E-state index contributed by atoms with van der Waals surface area (Å²) < 4.78 is 66.1. The van der Waals surface area contributed by atoms with Crippen LogP contribution in [0.5, 0.6) is 5.75 Å². The summed E-state index contributed by atoms with van der Waals surface area (Å²) in [5.74, 6) is -0.753. The molecule has 0 saturated carbocycles. The van der Waals surface area contributed by atoms with Crippen LogP contribution in [0.15, 0.2) is 107 Å². The molecule has 12 nitrogen and oxygen atoms in total. The molecule has 0 aliphatic rings. The Morgan fingerprint density at radius 3 is 1.76 bits per heavy atom. The zero-order valence-corrected chi connectivity index (χ0v) is 25.2.